The van der Waals surface area contributed by atoms with Crippen molar-refractivity contribution in [2.24, 2.45) is 0 Å². The third-order valence-corrected chi connectivity index (χ3v) is 4.78. The first-order valence-corrected chi connectivity index (χ1v) is 7.97. The first-order valence-electron chi connectivity index (χ1n) is 7.97. The van der Waals surface area contributed by atoms with Gasteiger partial charge in [0.25, 0.3) is 5.56 Å². The summed E-state index contributed by atoms with van der Waals surface area (Å²) in [6, 6.07) is 3.42. The molecule has 5 atom stereocenters. The van der Waals surface area contributed by atoms with Crippen LogP contribution in [0, 0.1) is 11.3 Å². The Morgan fingerprint density at radius 2 is 1.92 bits per heavy atom. The topological polar surface area (TPSA) is 136 Å². The van der Waals surface area contributed by atoms with Gasteiger partial charge < -0.3 is 25.2 Å². The highest BCUT2D eigenvalue weighted by molar-refractivity contribution is 5.36. The molecule has 1 fully saturated rings. The number of aliphatic hydroxyl groups is 4. The summed E-state index contributed by atoms with van der Waals surface area (Å²) in [6.45, 7) is -0.573. The lowest BCUT2D eigenvalue weighted by Crippen LogP contribution is -2.58. The van der Waals surface area contributed by atoms with Crippen LogP contribution in [0.5, 0.6) is 0 Å². The molecule has 24 heavy (non-hydrogen) atoms. The minimum absolute atomic E-state index is 0.0624. The third kappa shape index (κ3) is 2.64. The van der Waals surface area contributed by atoms with Gasteiger partial charge in [0.05, 0.1) is 6.61 Å². The van der Waals surface area contributed by atoms with Crippen molar-refractivity contribution in [1.29, 1.82) is 5.26 Å². The molecule has 1 aromatic rings. The van der Waals surface area contributed by atoms with Crippen molar-refractivity contribution in [3.8, 4) is 6.07 Å². The van der Waals surface area contributed by atoms with E-state index >= 15 is 0 Å². The molecule has 0 amide bonds. The second kappa shape index (κ2) is 6.63. The van der Waals surface area contributed by atoms with E-state index in [4.69, 9.17) is 4.74 Å². The molecule has 130 valence electrons. The average molecular weight is 336 g/mol. The first kappa shape index (κ1) is 17.1. The Hall–Kier alpha value is -1.76. The van der Waals surface area contributed by atoms with E-state index in [9.17, 15) is 30.5 Å². The van der Waals surface area contributed by atoms with Crippen LogP contribution < -0.4 is 5.56 Å². The van der Waals surface area contributed by atoms with Crippen molar-refractivity contribution in [3.63, 3.8) is 0 Å². The molecular formula is C16H20N2O6. The van der Waals surface area contributed by atoms with Crippen LogP contribution in [0.4, 0.5) is 0 Å². The molecule has 4 N–H and O–H groups in total. The Bertz CT molecular complexity index is 723. The number of pyridine rings is 1. The molecule has 0 bridgehead atoms. The van der Waals surface area contributed by atoms with Crippen LogP contribution in [-0.2, 0) is 17.6 Å². The molecular weight excluding hydrogens is 316 g/mol. The summed E-state index contributed by atoms with van der Waals surface area (Å²) < 4.78 is 6.71. The first-order chi connectivity index (χ1) is 11.5. The van der Waals surface area contributed by atoms with E-state index in [1.807, 2.05) is 6.07 Å². The molecule has 1 saturated heterocycles. The van der Waals surface area contributed by atoms with Crippen LogP contribution in [0.1, 0.15) is 35.9 Å². The number of rotatable bonds is 2. The zero-order chi connectivity index (χ0) is 17.4. The van der Waals surface area contributed by atoms with E-state index in [2.05, 4.69) is 0 Å². The van der Waals surface area contributed by atoms with Gasteiger partial charge in [-0.25, -0.2) is 0 Å². The van der Waals surface area contributed by atoms with E-state index in [1.54, 1.807) is 6.07 Å². The molecule has 2 heterocycles. The van der Waals surface area contributed by atoms with Crippen molar-refractivity contribution in [2.45, 2.75) is 56.3 Å². The highest BCUT2D eigenvalue weighted by Gasteiger charge is 2.45. The quantitative estimate of drug-likeness (QED) is 0.520. The van der Waals surface area contributed by atoms with Gasteiger partial charge in [0.1, 0.15) is 36.0 Å². The highest BCUT2D eigenvalue weighted by atomic mass is 16.6. The Morgan fingerprint density at radius 3 is 2.58 bits per heavy atom. The minimum Gasteiger partial charge on any atom is -0.394 e. The summed E-state index contributed by atoms with van der Waals surface area (Å²) in [4.78, 5) is 12.6. The smallest absolute Gasteiger partial charge is 0.270 e. The SMILES string of the molecule is N#Cc1cc2c(n([C@@H]3O[C@H](CO)[C@@H](O)[C@H](O)[C@H]3O)c1=O)CCCC2. The second-order valence-corrected chi connectivity index (χ2v) is 6.24. The van der Waals surface area contributed by atoms with Crippen LogP contribution in [0.2, 0.25) is 0 Å². The molecule has 2 aliphatic rings. The molecule has 0 saturated carbocycles. The van der Waals surface area contributed by atoms with E-state index in [0.29, 0.717) is 18.5 Å². The number of hydrogen-bond acceptors (Lipinski definition) is 7. The lowest BCUT2D eigenvalue weighted by molar-refractivity contribution is -0.252. The number of nitrogens with zero attached hydrogens (tertiary/aromatic N) is 2. The molecule has 8 heteroatoms. The summed E-state index contributed by atoms with van der Waals surface area (Å²) >= 11 is 0. The van der Waals surface area contributed by atoms with E-state index in [0.717, 1.165) is 18.4 Å². The summed E-state index contributed by atoms with van der Waals surface area (Å²) in [5.41, 5.74) is 0.832. The normalized spacial score (nSPS) is 32.9. The lowest BCUT2D eigenvalue weighted by atomic mass is 9.93. The van der Waals surface area contributed by atoms with Gasteiger partial charge >= 0.3 is 0 Å². The summed E-state index contributed by atoms with van der Waals surface area (Å²) in [6.07, 6.45) is -3.91. The number of aromatic nitrogens is 1. The van der Waals surface area contributed by atoms with Crippen molar-refractivity contribution < 1.29 is 25.2 Å². The molecule has 0 unspecified atom stereocenters. The largest absolute Gasteiger partial charge is 0.394 e. The Kier molecular flexibility index (Phi) is 4.71. The van der Waals surface area contributed by atoms with Crippen LogP contribution in [-0.4, -0.2) is 56.0 Å². The van der Waals surface area contributed by atoms with Gasteiger partial charge in [-0.05, 0) is 37.3 Å². The number of aliphatic hydroxyl groups excluding tert-OH is 4. The monoisotopic (exact) mass is 336 g/mol. The summed E-state index contributed by atoms with van der Waals surface area (Å²) in [5, 5.41) is 48.7. The van der Waals surface area contributed by atoms with Gasteiger partial charge in [0, 0.05) is 5.69 Å². The Balaban J connectivity index is 2.14. The van der Waals surface area contributed by atoms with E-state index in [1.165, 1.54) is 4.57 Å². The maximum Gasteiger partial charge on any atom is 0.270 e. The molecule has 1 aliphatic heterocycles. The Morgan fingerprint density at radius 1 is 1.21 bits per heavy atom. The lowest BCUT2D eigenvalue weighted by Gasteiger charge is -2.41. The number of nitriles is 1. The van der Waals surface area contributed by atoms with Gasteiger partial charge in [-0.2, -0.15) is 5.26 Å². The fourth-order valence-electron chi connectivity index (χ4n) is 3.48. The number of fused-ring (bicyclic) bond motifs is 1. The van der Waals surface area contributed by atoms with Crippen LogP contribution >= 0.6 is 0 Å². The van der Waals surface area contributed by atoms with Crippen molar-refractivity contribution in [3.05, 3.63) is 33.2 Å². The molecule has 0 radical (unpaired) electrons. The van der Waals surface area contributed by atoms with Crippen molar-refractivity contribution in [1.82, 2.24) is 4.57 Å². The predicted octanol–water partition coefficient (Wildman–Crippen LogP) is -1.43. The fourth-order valence-corrected chi connectivity index (χ4v) is 3.48. The summed E-state index contributed by atoms with van der Waals surface area (Å²) in [5.74, 6) is 0. The van der Waals surface area contributed by atoms with E-state index in [-0.39, 0.29) is 5.56 Å². The molecule has 1 aliphatic carbocycles. The molecule has 8 nitrogen and oxygen atoms in total. The minimum atomic E-state index is -1.57. The number of aryl methyl sites for hydroxylation is 1. The summed E-state index contributed by atoms with van der Waals surface area (Å²) in [7, 11) is 0. The standard InChI is InChI=1S/C16H20N2O6/c17-6-9-5-8-3-1-2-4-10(8)18(15(9)23)16-14(22)13(21)12(20)11(7-19)24-16/h5,11-14,16,19-22H,1-4,7H2/t11-,12-,13+,14-,16-/m1/s1. The average Bonchev–Trinajstić information content (AvgIpc) is 2.60. The van der Waals surface area contributed by atoms with Gasteiger partial charge in [0.15, 0.2) is 6.23 Å². The highest BCUT2D eigenvalue weighted by Crippen LogP contribution is 2.31. The molecule has 3 rings (SSSR count). The van der Waals surface area contributed by atoms with Crippen LogP contribution in [0.25, 0.3) is 0 Å². The van der Waals surface area contributed by atoms with Gasteiger partial charge in [0.2, 0.25) is 0 Å². The van der Waals surface area contributed by atoms with Gasteiger partial charge in [-0.15, -0.1) is 0 Å². The molecule has 0 aromatic carbocycles. The van der Waals surface area contributed by atoms with Crippen LogP contribution in [0.15, 0.2) is 10.9 Å². The maximum absolute atomic E-state index is 12.6. The predicted molar refractivity (Wildman–Crippen MR) is 81.1 cm³/mol. The molecule has 1 aromatic heterocycles. The van der Waals surface area contributed by atoms with Crippen molar-refractivity contribution >= 4 is 0 Å². The van der Waals surface area contributed by atoms with Gasteiger partial charge in [-0.1, -0.05) is 0 Å². The number of hydrogen-bond donors (Lipinski definition) is 4. The third-order valence-electron chi connectivity index (χ3n) is 4.78. The second-order valence-electron chi connectivity index (χ2n) is 6.24. The molecule has 0 spiro atoms. The van der Waals surface area contributed by atoms with Gasteiger partial charge in [-0.3, -0.25) is 9.36 Å². The maximum atomic E-state index is 12.6. The zero-order valence-electron chi connectivity index (χ0n) is 13.0. The van der Waals surface area contributed by atoms with Crippen molar-refractivity contribution in [2.75, 3.05) is 6.61 Å². The Labute approximate surface area is 138 Å². The zero-order valence-corrected chi connectivity index (χ0v) is 13.0. The number of ether oxygens (including phenoxy) is 1. The fraction of sp³-hybridized carbons (Fsp3) is 0.625. The van der Waals surface area contributed by atoms with Crippen LogP contribution in [0.3, 0.4) is 0 Å². The van der Waals surface area contributed by atoms with E-state index < -0.39 is 42.8 Å².